The van der Waals surface area contributed by atoms with Crippen LogP contribution in [0.15, 0.2) is 24.3 Å². The van der Waals surface area contributed by atoms with Crippen LogP contribution >= 0.6 is 0 Å². The molecule has 0 unspecified atom stereocenters. The molecule has 1 saturated heterocycles. The van der Waals surface area contributed by atoms with Crippen LogP contribution < -0.4 is 10.5 Å². The summed E-state index contributed by atoms with van der Waals surface area (Å²) in [5, 5.41) is 1.14. The smallest absolute Gasteiger partial charge is 0.145 e. The lowest BCUT2D eigenvalue weighted by Crippen LogP contribution is -2.14. The Kier molecular flexibility index (Phi) is 3.25. The SMILES string of the molecule is COc1ccc(C2CCOCC2)c2ccc(N)nc12. The maximum Gasteiger partial charge on any atom is 0.145 e. The van der Waals surface area contributed by atoms with Gasteiger partial charge < -0.3 is 15.2 Å². The number of nitrogens with two attached hydrogens (primary N) is 1. The summed E-state index contributed by atoms with van der Waals surface area (Å²) in [6.07, 6.45) is 2.12. The normalized spacial score (nSPS) is 16.7. The van der Waals surface area contributed by atoms with E-state index in [2.05, 4.69) is 11.1 Å². The van der Waals surface area contributed by atoms with Gasteiger partial charge in [0.05, 0.1) is 7.11 Å². The van der Waals surface area contributed by atoms with E-state index in [1.807, 2.05) is 18.2 Å². The van der Waals surface area contributed by atoms with E-state index in [1.54, 1.807) is 7.11 Å². The first kappa shape index (κ1) is 12.2. The number of nitrogen functional groups attached to an aromatic ring is 1. The van der Waals surface area contributed by atoms with Crippen LogP contribution in [0.2, 0.25) is 0 Å². The van der Waals surface area contributed by atoms with Crippen molar-refractivity contribution in [2.24, 2.45) is 0 Å². The van der Waals surface area contributed by atoms with Crippen molar-refractivity contribution in [3.05, 3.63) is 29.8 Å². The lowest BCUT2D eigenvalue weighted by atomic mass is 9.89. The van der Waals surface area contributed by atoms with E-state index in [4.69, 9.17) is 15.2 Å². The van der Waals surface area contributed by atoms with Crippen LogP contribution in [0.25, 0.3) is 10.9 Å². The van der Waals surface area contributed by atoms with Crippen molar-refractivity contribution in [1.82, 2.24) is 4.98 Å². The van der Waals surface area contributed by atoms with E-state index >= 15 is 0 Å². The Hall–Kier alpha value is -1.81. The van der Waals surface area contributed by atoms with E-state index < -0.39 is 0 Å². The van der Waals surface area contributed by atoms with E-state index in [0.717, 1.165) is 42.7 Å². The molecular weight excluding hydrogens is 240 g/mol. The summed E-state index contributed by atoms with van der Waals surface area (Å²) >= 11 is 0. The lowest BCUT2D eigenvalue weighted by Gasteiger charge is -2.24. The molecule has 2 heterocycles. The molecule has 4 nitrogen and oxygen atoms in total. The van der Waals surface area contributed by atoms with Gasteiger partial charge in [-0.25, -0.2) is 4.98 Å². The highest BCUT2D eigenvalue weighted by Crippen LogP contribution is 2.35. The van der Waals surface area contributed by atoms with Gasteiger partial charge in [-0.2, -0.15) is 0 Å². The Bertz CT molecular complexity index is 592. The van der Waals surface area contributed by atoms with Crippen molar-refractivity contribution in [2.45, 2.75) is 18.8 Å². The van der Waals surface area contributed by atoms with Gasteiger partial charge in [-0.05, 0) is 42.5 Å². The summed E-state index contributed by atoms with van der Waals surface area (Å²) in [7, 11) is 1.66. The van der Waals surface area contributed by atoms with Crippen LogP contribution in [0.3, 0.4) is 0 Å². The summed E-state index contributed by atoms with van der Waals surface area (Å²) in [4.78, 5) is 4.42. The van der Waals surface area contributed by atoms with Crippen LogP contribution in [0.4, 0.5) is 5.82 Å². The first-order valence-electron chi connectivity index (χ1n) is 6.60. The largest absolute Gasteiger partial charge is 0.494 e. The molecule has 1 aromatic carbocycles. The van der Waals surface area contributed by atoms with Gasteiger partial charge in [0.25, 0.3) is 0 Å². The number of anilines is 1. The molecule has 0 saturated carbocycles. The number of rotatable bonds is 2. The predicted octanol–water partition coefficient (Wildman–Crippen LogP) is 2.72. The minimum atomic E-state index is 0.523. The molecule has 0 spiro atoms. The van der Waals surface area contributed by atoms with Gasteiger partial charge in [0.1, 0.15) is 17.1 Å². The molecular formula is C15H18N2O2. The van der Waals surface area contributed by atoms with Crippen LogP contribution in [0.5, 0.6) is 5.75 Å². The minimum absolute atomic E-state index is 0.523. The lowest BCUT2D eigenvalue weighted by molar-refractivity contribution is 0.0856. The number of ether oxygens (including phenoxy) is 2. The fourth-order valence-corrected chi connectivity index (χ4v) is 2.76. The van der Waals surface area contributed by atoms with Crippen LogP contribution in [-0.2, 0) is 4.74 Å². The van der Waals surface area contributed by atoms with E-state index in [9.17, 15) is 0 Å². The number of nitrogens with zero attached hydrogens (tertiary/aromatic N) is 1. The highest BCUT2D eigenvalue weighted by Gasteiger charge is 2.19. The van der Waals surface area contributed by atoms with Crippen molar-refractivity contribution in [1.29, 1.82) is 0 Å². The van der Waals surface area contributed by atoms with Crippen LogP contribution in [0.1, 0.15) is 24.3 Å². The fraction of sp³-hybridized carbons (Fsp3) is 0.400. The van der Waals surface area contributed by atoms with Crippen molar-refractivity contribution >= 4 is 16.7 Å². The number of aromatic nitrogens is 1. The molecule has 100 valence electrons. The number of hydrogen-bond acceptors (Lipinski definition) is 4. The average molecular weight is 258 g/mol. The molecule has 19 heavy (non-hydrogen) atoms. The van der Waals surface area contributed by atoms with Gasteiger partial charge in [0, 0.05) is 18.6 Å². The maximum atomic E-state index is 5.79. The van der Waals surface area contributed by atoms with Crippen molar-refractivity contribution in [3.63, 3.8) is 0 Å². The van der Waals surface area contributed by atoms with E-state index in [0.29, 0.717) is 11.7 Å². The molecule has 0 aliphatic carbocycles. The molecule has 0 atom stereocenters. The van der Waals surface area contributed by atoms with Gasteiger partial charge in [-0.1, -0.05) is 6.07 Å². The zero-order valence-corrected chi connectivity index (χ0v) is 11.1. The Balaban J connectivity index is 2.14. The topological polar surface area (TPSA) is 57.4 Å². The molecule has 4 heteroatoms. The first-order valence-corrected chi connectivity index (χ1v) is 6.60. The zero-order valence-electron chi connectivity index (χ0n) is 11.1. The summed E-state index contributed by atoms with van der Waals surface area (Å²) in [5.41, 5.74) is 7.97. The molecule has 0 amide bonds. The van der Waals surface area contributed by atoms with E-state index in [1.165, 1.54) is 5.56 Å². The van der Waals surface area contributed by atoms with Gasteiger partial charge in [0.15, 0.2) is 0 Å². The molecule has 2 aromatic rings. The molecule has 1 aliphatic heterocycles. The Morgan fingerprint density at radius 2 is 2.00 bits per heavy atom. The third kappa shape index (κ3) is 2.24. The average Bonchev–Trinajstić information content (AvgIpc) is 2.47. The minimum Gasteiger partial charge on any atom is -0.494 e. The third-order valence-corrected chi connectivity index (χ3v) is 3.76. The summed E-state index contributed by atoms with van der Waals surface area (Å²) in [6.45, 7) is 1.67. The summed E-state index contributed by atoms with van der Waals surface area (Å²) < 4.78 is 10.8. The van der Waals surface area contributed by atoms with Crippen molar-refractivity contribution in [2.75, 3.05) is 26.1 Å². The van der Waals surface area contributed by atoms with Gasteiger partial charge >= 0.3 is 0 Å². The third-order valence-electron chi connectivity index (χ3n) is 3.76. The van der Waals surface area contributed by atoms with Gasteiger partial charge in [0.2, 0.25) is 0 Å². The molecule has 1 aliphatic rings. The number of methoxy groups -OCH3 is 1. The standard InChI is InChI=1S/C15H18N2O2/c1-18-13-4-2-11(10-6-8-19-9-7-10)12-3-5-14(16)17-15(12)13/h2-5,10H,6-9H2,1H3,(H2,16,17). The van der Waals surface area contributed by atoms with Gasteiger partial charge in [-0.15, -0.1) is 0 Å². The number of benzene rings is 1. The monoisotopic (exact) mass is 258 g/mol. The molecule has 2 N–H and O–H groups in total. The van der Waals surface area contributed by atoms with Crippen molar-refractivity contribution < 1.29 is 9.47 Å². The molecule has 0 radical (unpaired) electrons. The number of fused-ring (bicyclic) bond motifs is 1. The molecule has 1 aromatic heterocycles. The fourth-order valence-electron chi connectivity index (χ4n) is 2.76. The Morgan fingerprint density at radius 3 is 2.74 bits per heavy atom. The van der Waals surface area contributed by atoms with E-state index in [-0.39, 0.29) is 0 Å². The Labute approximate surface area is 112 Å². The molecule has 1 fully saturated rings. The molecule has 3 rings (SSSR count). The predicted molar refractivity (Wildman–Crippen MR) is 75.5 cm³/mol. The van der Waals surface area contributed by atoms with Crippen molar-refractivity contribution in [3.8, 4) is 5.75 Å². The zero-order chi connectivity index (χ0) is 13.2. The number of pyridine rings is 1. The van der Waals surface area contributed by atoms with Crippen LogP contribution in [0, 0.1) is 0 Å². The Morgan fingerprint density at radius 1 is 1.21 bits per heavy atom. The van der Waals surface area contributed by atoms with Crippen LogP contribution in [-0.4, -0.2) is 25.3 Å². The number of hydrogen-bond donors (Lipinski definition) is 1. The first-order chi connectivity index (χ1) is 9.29. The quantitative estimate of drug-likeness (QED) is 0.899. The second kappa shape index (κ2) is 5.05. The highest BCUT2D eigenvalue weighted by atomic mass is 16.5. The second-order valence-corrected chi connectivity index (χ2v) is 4.88. The van der Waals surface area contributed by atoms with Gasteiger partial charge in [-0.3, -0.25) is 0 Å². The second-order valence-electron chi connectivity index (χ2n) is 4.88. The highest BCUT2D eigenvalue weighted by molar-refractivity contribution is 5.89. The summed E-state index contributed by atoms with van der Waals surface area (Å²) in [6, 6.07) is 8.03. The molecule has 0 bridgehead atoms. The maximum absolute atomic E-state index is 5.79. The summed E-state index contributed by atoms with van der Waals surface area (Å²) in [5.74, 6) is 1.83.